The fraction of sp³-hybridized carbons (Fsp3) is 0. The van der Waals surface area contributed by atoms with E-state index in [-0.39, 0.29) is 11.8 Å². The Labute approximate surface area is 62.9 Å². The number of nitrogens with zero attached hydrogens (tertiary/aromatic N) is 4. The summed E-state index contributed by atoms with van der Waals surface area (Å²) in [5, 5.41) is 12.5. The molecule has 0 bridgehead atoms. The second kappa shape index (κ2) is 2.69. The van der Waals surface area contributed by atoms with E-state index in [1.165, 1.54) is 7.85 Å². The quantitative estimate of drug-likeness (QED) is 0.388. The zero-order valence-electron chi connectivity index (χ0n) is 5.14. The second-order valence-corrected chi connectivity index (χ2v) is 1.94. The second-order valence-electron chi connectivity index (χ2n) is 1.54. The Bertz CT molecular complexity index is 224. The minimum Gasteiger partial charge on any atom is -0.287 e. The van der Waals surface area contributed by atoms with Gasteiger partial charge in [0, 0.05) is 0 Å². The molecule has 1 aromatic rings. The normalized spacial score (nSPS) is 9.30. The summed E-state index contributed by atoms with van der Waals surface area (Å²) in [6.45, 7) is 0. The van der Waals surface area contributed by atoms with E-state index in [4.69, 9.17) is 0 Å². The molecule has 52 valence electrons. The average Bonchev–Trinajstić information content (AvgIpc) is 2.36. The standard InChI is InChI=1S/C2H4BN5OS/c3-1(9)8(10)2-4-6-7-5-2/h10H,3H2,(H,4,5,6,7). The predicted molar refractivity (Wildman–Crippen MR) is 39.6 cm³/mol. The molecule has 0 fully saturated rings. The van der Waals surface area contributed by atoms with Gasteiger partial charge in [0.1, 0.15) is 0 Å². The maximum absolute atomic E-state index is 10.6. The highest BCUT2D eigenvalue weighted by molar-refractivity contribution is 7.83. The summed E-state index contributed by atoms with van der Waals surface area (Å²) >= 11 is 3.78. The fourth-order valence-corrected chi connectivity index (χ4v) is 0.472. The molecule has 8 heteroatoms. The highest BCUT2D eigenvalue weighted by Gasteiger charge is 2.09. The number of anilines is 1. The van der Waals surface area contributed by atoms with Crippen LogP contribution >= 0.6 is 12.8 Å². The topological polar surface area (TPSA) is 74.8 Å². The van der Waals surface area contributed by atoms with Gasteiger partial charge in [0.2, 0.25) is 7.85 Å². The first-order valence-corrected chi connectivity index (χ1v) is 2.85. The van der Waals surface area contributed by atoms with E-state index in [1.807, 2.05) is 0 Å². The zero-order valence-corrected chi connectivity index (χ0v) is 6.04. The molecule has 6 nitrogen and oxygen atoms in total. The third kappa shape index (κ3) is 1.27. The number of tetrazole rings is 1. The Hall–Kier alpha value is -1.05. The Balaban J connectivity index is 2.77. The molecule has 0 radical (unpaired) electrons. The molecule has 0 aliphatic rings. The van der Waals surface area contributed by atoms with E-state index in [0.29, 0.717) is 0 Å². The molecule has 1 heterocycles. The van der Waals surface area contributed by atoms with Crippen molar-refractivity contribution in [1.29, 1.82) is 0 Å². The molecule has 1 rings (SSSR count). The number of amides is 1. The molecule has 0 saturated carbocycles. The lowest BCUT2D eigenvalue weighted by Crippen LogP contribution is -2.19. The SMILES string of the molecule is BC(=O)N(S)c1nn[nH]n1. The summed E-state index contributed by atoms with van der Waals surface area (Å²) in [6, 6.07) is 0. The van der Waals surface area contributed by atoms with Gasteiger partial charge in [-0.15, -0.1) is 5.10 Å². The summed E-state index contributed by atoms with van der Waals surface area (Å²) in [6.07, 6.45) is 0. The molecule has 0 aromatic carbocycles. The molecule has 0 saturated heterocycles. The summed E-state index contributed by atoms with van der Waals surface area (Å²) < 4.78 is 0.990. The molecule has 1 aromatic heterocycles. The van der Waals surface area contributed by atoms with Gasteiger partial charge >= 0.3 is 0 Å². The molecule has 0 aliphatic heterocycles. The highest BCUT2D eigenvalue weighted by Crippen LogP contribution is 2.04. The van der Waals surface area contributed by atoms with Crippen molar-refractivity contribution in [3.63, 3.8) is 0 Å². The predicted octanol–water partition coefficient (Wildman–Crippen LogP) is -1.40. The molecule has 0 aliphatic carbocycles. The number of aromatic nitrogens is 4. The minimum atomic E-state index is -0.260. The maximum Gasteiger partial charge on any atom is 0.281 e. The first-order chi connectivity index (χ1) is 4.72. The van der Waals surface area contributed by atoms with Crippen LogP contribution in [0.4, 0.5) is 10.7 Å². The van der Waals surface area contributed by atoms with Gasteiger partial charge in [-0.1, -0.05) is 17.9 Å². The van der Waals surface area contributed by atoms with E-state index in [1.54, 1.807) is 0 Å². The van der Waals surface area contributed by atoms with Crippen molar-refractivity contribution >= 4 is 32.4 Å². The highest BCUT2D eigenvalue weighted by atomic mass is 32.1. The first-order valence-electron chi connectivity index (χ1n) is 2.45. The van der Waals surface area contributed by atoms with Gasteiger partial charge in [-0.05, 0) is 5.21 Å². The van der Waals surface area contributed by atoms with Crippen molar-refractivity contribution in [3.8, 4) is 0 Å². The van der Waals surface area contributed by atoms with E-state index in [2.05, 4.69) is 33.4 Å². The summed E-state index contributed by atoms with van der Waals surface area (Å²) in [7, 11) is 1.35. The Morgan fingerprint density at radius 1 is 1.80 bits per heavy atom. The first kappa shape index (κ1) is 7.07. The van der Waals surface area contributed by atoms with Gasteiger partial charge < -0.3 is 0 Å². The number of aromatic amines is 1. The number of H-pyrrole nitrogens is 1. The van der Waals surface area contributed by atoms with Crippen LogP contribution in [-0.2, 0) is 0 Å². The molecule has 10 heavy (non-hydrogen) atoms. The number of hydrogen-bond donors (Lipinski definition) is 2. The van der Waals surface area contributed by atoms with Crippen LogP contribution in [0.3, 0.4) is 0 Å². The minimum absolute atomic E-state index is 0.149. The number of nitrogens with one attached hydrogen (secondary N) is 1. The Morgan fingerprint density at radius 3 is 2.90 bits per heavy atom. The maximum atomic E-state index is 10.6. The third-order valence-corrected chi connectivity index (χ3v) is 1.28. The lowest BCUT2D eigenvalue weighted by Gasteiger charge is -2.05. The van der Waals surface area contributed by atoms with Crippen molar-refractivity contribution in [2.24, 2.45) is 0 Å². The van der Waals surface area contributed by atoms with Crippen LogP contribution in [0.15, 0.2) is 0 Å². The number of thiol groups is 1. The number of hydrogen-bond acceptors (Lipinski definition) is 5. The van der Waals surface area contributed by atoms with Gasteiger partial charge in [-0.2, -0.15) is 5.21 Å². The molecular weight excluding hydrogens is 153 g/mol. The van der Waals surface area contributed by atoms with Crippen LogP contribution in [0.1, 0.15) is 0 Å². The Morgan fingerprint density at radius 2 is 2.50 bits per heavy atom. The molecular formula is C2H4BN5OS. The van der Waals surface area contributed by atoms with Crippen LogP contribution in [-0.4, -0.2) is 34.3 Å². The van der Waals surface area contributed by atoms with Crippen molar-refractivity contribution < 1.29 is 4.79 Å². The molecule has 0 spiro atoms. The van der Waals surface area contributed by atoms with E-state index in [0.717, 1.165) is 4.31 Å². The van der Waals surface area contributed by atoms with E-state index < -0.39 is 0 Å². The molecule has 1 amide bonds. The summed E-state index contributed by atoms with van der Waals surface area (Å²) in [4.78, 5) is 10.6. The molecule has 0 atom stereocenters. The molecule has 1 N–H and O–H groups in total. The van der Waals surface area contributed by atoms with Crippen LogP contribution in [0.5, 0.6) is 0 Å². The van der Waals surface area contributed by atoms with Gasteiger partial charge in [0.25, 0.3) is 5.95 Å². The zero-order chi connectivity index (χ0) is 7.56. The summed E-state index contributed by atoms with van der Waals surface area (Å²) in [5.74, 6) is -0.111. The number of rotatable bonds is 1. The lowest BCUT2D eigenvalue weighted by atomic mass is 10.1. The van der Waals surface area contributed by atoms with Crippen molar-refractivity contribution in [2.45, 2.75) is 0 Å². The average molecular weight is 157 g/mol. The van der Waals surface area contributed by atoms with E-state index >= 15 is 0 Å². The lowest BCUT2D eigenvalue weighted by molar-refractivity contribution is 0.267. The fourth-order valence-electron chi connectivity index (χ4n) is 0.387. The Kier molecular flexibility index (Phi) is 1.90. The number of carbonyl (C=O) groups excluding carboxylic acids is 1. The van der Waals surface area contributed by atoms with Crippen molar-refractivity contribution in [3.05, 3.63) is 0 Å². The third-order valence-electron chi connectivity index (χ3n) is 0.822. The summed E-state index contributed by atoms with van der Waals surface area (Å²) in [5.41, 5.74) is 0. The van der Waals surface area contributed by atoms with Crippen LogP contribution < -0.4 is 4.31 Å². The monoisotopic (exact) mass is 157 g/mol. The van der Waals surface area contributed by atoms with Crippen molar-refractivity contribution in [2.75, 3.05) is 4.31 Å². The van der Waals surface area contributed by atoms with E-state index in [9.17, 15) is 4.79 Å². The van der Waals surface area contributed by atoms with Crippen molar-refractivity contribution in [1.82, 2.24) is 20.6 Å². The molecule has 0 unspecified atom stereocenters. The van der Waals surface area contributed by atoms with Gasteiger partial charge in [0.05, 0.1) is 0 Å². The smallest absolute Gasteiger partial charge is 0.281 e. The van der Waals surface area contributed by atoms with Gasteiger partial charge in [-0.25, -0.2) is 4.31 Å². The van der Waals surface area contributed by atoms with Crippen LogP contribution in [0, 0.1) is 0 Å². The van der Waals surface area contributed by atoms with Crippen LogP contribution in [0.2, 0.25) is 0 Å². The van der Waals surface area contributed by atoms with Gasteiger partial charge in [-0.3, -0.25) is 4.79 Å². The number of carbonyl (C=O) groups is 1. The largest absolute Gasteiger partial charge is 0.287 e. The van der Waals surface area contributed by atoms with Crippen LogP contribution in [0.25, 0.3) is 0 Å². The van der Waals surface area contributed by atoms with Gasteiger partial charge in [0.15, 0.2) is 5.81 Å².